The average Bonchev–Trinajstić information content (AvgIpc) is 3.02. The van der Waals surface area contributed by atoms with Crippen molar-refractivity contribution in [3.8, 4) is 0 Å². The van der Waals surface area contributed by atoms with Crippen molar-refractivity contribution in [3.63, 3.8) is 0 Å². The van der Waals surface area contributed by atoms with E-state index in [9.17, 15) is 5.11 Å². The Labute approximate surface area is 133 Å². The molecule has 1 saturated heterocycles. The van der Waals surface area contributed by atoms with Crippen LogP contribution in [-0.2, 0) is 6.54 Å². The van der Waals surface area contributed by atoms with Crippen LogP contribution < -0.4 is 0 Å². The topological polar surface area (TPSA) is 40.8 Å². The van der Waals surface area contributed by atoms with Gasteiger partial charge in [0.15, 0.2) is 10.1 Å². The van der Waals surface area contributed by atoms with E-state index < -0.39 is 5.60 Å². The predicted molar refractivity (Wildman–Crippen MR) is 84.9 cm³/mol. The summed E-state index contributed by atoms with van der Waals surface area (Å²) < 4.78 is 2.09. The molecule has 3 heterocycles. The Balaban J connectivity index is 1.53. The molecule has 2 aromatic heterocycles. The first-order valence-electron chi connectivity index (χ1n) is 7.70. The molecule has 0 spiro atoms. The number of halogens is 1. The molecule has 2 aromatic rings. The summed E-state index contributed by atoms with van der Waals surface area (Å²) in [6.07, 6.45) is 7.49. The Bertz CT molecular complexity index is 654. The van der Waals surface area contributed by atoms with Gasteiger partial charge in [0.25, 0.3) is 0 Å². The van der Waals surface area contributed by atoms with Crippen molar-refractivity contribution in [3.05, 3.63) is 22.4 Å². The van der Waals surface area contributed by atoms with Gasteiger partial charge in [-0.25, -0.2) is 4.98 Å². The molecular weight excluding hydrogens is 306 g/mol. The van der Waals surface area contributed by atoms with Crippen molar-refractivity contribution in [2.45, 2.75) is 44.2 Å². The van der Waals surface area contributed by atoms with Crippen LogP contribution in [0, 0.1) is 5.92 Å². The zero-order valence-electron chi connectivity index (χ0n) is 12.0. The van der Waals surface area contributed by atoms with E-state index in [1.807, 2.05) is 11.6 Å². The van der Waals surface area contributed by atoms with E-state index in [1.54, 1.807) is 11.3 Å². The summed E-state index contributed by atoms with van der Waals surface area (Å²) in [5, 5.41) is 13.4. The smallest absolute Gasteiger partial charge is 0.195 e. The Morgan fingerprint density at radius 2 is 2.33 bits per heavy atom. The second-order valence-corrected chi connectivity index (χ2v) is 7.67. The summed E-state index contributed by atoms with van der Waals surface area (Å²) in [5.41, 5.74) is 0.669. The quantitative estimate of drug-likeness (QED) is 0.922. The first-order chi connectivity index (χ1) is 10.2. The van der Waals surface area contributed by atoms with Crippen LogP contribution in [0.1, 0.15) is 37.8 Å². The number of rotatable bonds is 2. The summed E-state index contributed by atoms with van der Waals surface area (Å²) in [4.78, 5) is 7.79. The molecule has 114 valence electrons. The van der Waals surface area contributed by atoms with Gasteiger partial charge < -0.3 is 5.11 Å². The van der Waals surface area contributed by atoms with E-state index in [0.29, 0.717) is 11.1 Å². The molecule has 0 bridgehead atoms. The molecule has 0 aromatic carbocycles. The number of likely N-dealkylation sites (tertiary alicyclic amines) is 1. The first kappa shape index (κ1) is 14.0. The Hall–Kier alpha value is -0.620. The minimum absolute atomic E-state index is 0.409. The number of thiazole rings is 1. The summed E-state index contributed by atoms with van der Waals surface area (Å²) in [6, 6.07) is 0. The number of nitrogens with zero attached hydrogens (tertiary/aromatic N) is 3. The van der Waals surface area contributed by atoms with Crippen molar-refractivity contribution in [2.24, 2.45) is 5.92 Å². The highest BCUT2D eigenvalue weighted by molar-refractivity contribution is 7.15. The van der Waals surface area contributed by atoms with Crippen molar-refractivity contribution in [1.29, 1.82) is 0 Å². The summed E-state index contributed by atoms with van der Waals surface area (Å²) in [7, 11) is 0. The highest BCUT2D eigenvalue weighted by Gasteiger charge is 2.42. The van der Waals surface area contributed by atoms with E-state index in [1.165, 1.54) is 12.8 Å². The average molecular weight is 326 g/mol. The summed E-state index contributed by atoms with van der Waals surface area (Å²) >= 11 is 7.90. The van der Waals surface area contributed by atoms with Gasteiger partial charge in [0.05, 0.1) is 11.3 Å². The van der Waals surface area contributed by atoms with Crippen molar-refractivity contribution < 1.29 is 5.11 Å². The van der Waals surface area contributed by atoms with Gasteiger partial charge >= 0.3 is 0 Å². The van der Waals surface area contributed by atoms with E-state index in [0.717, 1.165) is 49.6 Å². The molecule has 0 amide bonds. The van der Waals surface area contributed by atoms with Crippen LogP contribution in [-0.4, -0.2) is 38.1 Å². The minimum Gasteiger partial charge on any atom is -0.390 e. The fourth-order valence-electron chi connectivity index (χ4n) is 3.94. The number of piperidine rings is 1. The molecule has 2 atom stereocenters. The van der Waals surface area contributed by atoms with Crippen LogP contribution in [0.3, 0.4) is 0 Å². The maximum atomic E-state index is 10.8. The molecule has 1 saturated carbocycles. The maximum absolute atomic E-state index is 10.8. The second-order valence-electron chi connectivity index (χ2n) is 6.44. The lowest BCUT2D eigenvalue weighted by Crippen LogP contribution is -2.53. The number of imidazole rings is 1. The van der Waals surface area contributed by atoms with Crippen LogP contribution >= 0.6 is 22.9 Å². The SMILES string of the molecule is OC12CCCCC1CN(Cc1c(Cl)nc3sccn13)CC2. The number of fused-ring (bicyclic) bond motifs is 2. The molecular formula is C15H20ClN3OS. The van der Waals surface area contributed by atoms with Gasteiger partial charge in [-0.2, -0.15) is 0 Å². The van der Waals surface area contributed by atoms with Gasteiger partial charge in [0.1, 0.15) is 0 Å². The van der Waals surface area contributed by atoms with E-state index >= 15 is 0 Å². The standard InChI is InChI=1S/C15H20ClN3OS/c16-13-12(19-7-8-21-14(19)17-13)10-18-6-5-15(20)4-2-1-3-11(15)9-18/h7-8,11,20H,1-6,9-10H2. The fraction of sp³-hybridized carbons (Fsp3) is 0.667. The van der Waals surface area contributed by atoms with E-state index in [-0.39, 0.29) is 0 Å². The number of hydrogen-bond acceptors (Lipinski definition) is 4. The fourth-order valence-corrected chi connectivity index (χ4v) is 4.96. The third-order valence-corrected chi connectivity index (χ3v) is 6.26. The van der Waals surface area contributed by atoms with Gasteiger partial charge in [-0.05, 0) is 19.3 Å². The molecule has 6 heteroatoms. The van der Waals surface area contributed by atoms with Gasteiger partial charge in [-0.3, -0.25) is 9.30 Å². The van der Waals surface area contributed by atoms with Crippen LogP contribution in [0.25, 0.3) is 4.96 Å². The maximum Gasteiger partial charge on any atom is 0.195 e. The van der Waals surface area contributed by atoms with Crippen molar-refractivity contribution in [1.82, 2.24) is 14.3 Å². The first-order valence-corrected chi connectivity index (χ1v) is 8.96. The van der Waals surface area contributed by atoms with Crippen LogP contribution in [0.4, 0.5) is 0 Å². The lowest BCUT2D eigenvalue weighted by Gasteiger charge is -2.47. The van der Waals surface area contributed by atoms with E-state index in [2.05, 4.69) is 14.3 Å². The summed E-state index contributed by atoms with van der Waals surface area (Å²) in [6.45, 7) is 2.74. The lowest BCUT2D eigenvalue weighted by atomic mass is 9.71. The van der Waals surface area contributed by atoms with Crippen molar-refractivity contribution >= 4 is 27.9 Å². The molecule has 1 N–H and O–H groups in total. The molecule has 0 radical (unpaired) electrons. The molecule has 4 rings (SSSR count). The van der Waals surface area contributed by atoms with Crippen LogP contribution in [0.5, 0.6) is 0 Å². The molecule has 21 heavy (non-hydrogen) atoms. The third kappa shape index (κ3) is 2.40. The van der Waals surface area contributed by atoms with Gasteiger partial charge in [0.2, 0.25) is 0 Å². The Kier molecular flexibility index (Phi) is 3.49. The zero-order valence-corrected chi connectivity index (χ0v) is 13.5. The Morgan fingerprint density at radius 3 is 3.24 bits per heavy atom. The molecule has 1 aliphatic carbocycles. The van der Waals surface area contributed by atoms with Crippen molar-refractivity contribution in [2.75, 3.05) is 13.1 Å². The monoisotopic (exact) mass is 325 g/mol. The molecule has 2 aliphatic rings. The minimum atomic E-state index is -0.409. The molecule has 4 nitrogen and oxygen atoms in total. The Morgan fingerprint density at radius 1 is 1.43 bits per heavy atom. The van der Waals surface area contributed by atoms with Crippen LogP contribution in [0.15, 0.2) is 11.6 Å². The van der Waals surface area contributed by atoms with Gasteiger partial charge in [0, 0.05) is 37.1 Å². The van der Waals surface area contributed by atoms with Gasteiger partial charge in [-0.1, -0.05) is 24.4 Å². The zero-order chi connectivity index (χ0) is 14.4. The number of aliphatic hydroxyl groups is 1. The van der Waals surface area contributed by atoms with Crippen LogP contribution in [0.2, 0.25) is 5.15 Å². The third-order valence-electron chi connectivity index (χ3n) is 5.20. The summed E-state index contributed by atoms with van der Waals surface area (Å²) in [5.74, 6) is 0.421. The second kappa shape index (κ2) is 5.23. The largest absolute Gasteiger partial charge is 0.390 e. The molecule has 1 aliphatic heterocycles. The normalized spacial score (nSPS) is 30.7. The molecule has 2 unspecified atom stereocenters. The highest BCUT2D eigenvalue weighted by Crippen LogP contribution is 2.40. The highest BCUT2D eigenvalue weighted by atomic mass is 35.5. The van der Waals surface area contributed by atoms with E-state index in [4.69, 9.17) is 11.6 Å². The predicted octanol–water partition coefficient (Wildman–Crippen LogP) is 3.18. The lowest BCUT2D eigenvalue weighted by molar-refractivity contribution is -0.0969. The number of hydrogen-bond donors (Lipinski definition) is 1. The van der Waals surface area contributed by atoms with Gasteiger partial charge in [-0.15, -0.1) is 11.3 Å². The number of aromatic nitrogens is 2. The molecule has 2 fully saturated rings.